The van der Waals surface area contributed by atoms with Crippen LogP contribution < -0.4 is 20.1 Å². The Balaban J connectivity index is 1.90. The van der Waals surface area contributed by atoms with E-state index in [4.69, 9.17) is 9.47 Å². The van der Waals surface area contributed by atoms with Crippen LogP contribution in [0.4, 0.5) is 11.4 Å². The topological polar surface area (TPSA) is 59.6 Å². The second-order valence-electron chi connectivity index (χ2n) is 4.73. The van der Waals surface area contributed by atoms with E-state index >= 15 is 0 Å². The van der Waals surface area contributed by atoms with Crippen molar-refractivity contribution in [1.82, 2.24) is 0 Å². The molecule has 1 amide bonds. The van der Waals surface area contributed by atoms with Gasteiger partial charge in [-0.1, -0.05) is 24.8 Å². The highest BCUT2D eigenvalue weighted by Gasteiger charge is 2.07. The molecular formula is C18H20N2O3. The molecule has 0 fully saturated rings. The van der Waals surface area contributed by atoms with Crippen LogP contribution >= 0.6 is 0 Å². The van der Waals surface area contributed by atoms with E-state index in [-0.39, 0.29) is 12.5 Å². The summed E-state index contributed by atoms with van der Waals surface area (Å²) >= 11 is 0. The highest BCUT2D eigenvalue weighted by molar-refractivity contribution is 5.95. The van der Waals surface area contributed by atoms with Gasteiger partial charge >= 0.3 is 0 Å². The van der Waals surface area contributed by atoms with Crippen molar-refractivity contribution in [3.8, 4) is 11.5 Å². The summed E-state index contributed by atoms with van der Waals surface area (Å²) in [6, 6.07) is 14.7. The van der Waals surface area contributed by atoms with Crippen LogP contribution in [0.3, 0.4) is 0 Å². The second kappa shape index (κ2) is 8.48. The molecule has 2 rings (SSSR count). The summed E-state index contributed by atoms with van der Waals surface area (Å²) in [6.45, 7) is 4.15. The first-order valence-corrected chi connectivity index (χ1v) is 7.23. The van der Waals surface area contributed by atoms with Crippen molar-refractivity contribution in [2.75, 3.05) is 30.9 Å². The molecule has 0 aromatic heterocycles. The van der Waals surface area contributed by atoms with Crippen LogP contribution in [0.5, 0.6) is 11.5 Å². The number of nitrogens with one attached hydrogen (secondary N) is 2. The normalized spacial score (nSPS) is 9.78. The highest BCUT2D eigenvalue weighted by Crippen LogP contribution is 2.23. The number of ether oxygens (including phenoxy) is 2. The fourth-order valence-electron chi connectivity index (χ4n) is 1.93. The molecule has 23 heavy (non-hydrogen) atoms. The van der Waals surface area contributed by atoms with Crippen LogP contribution in [0, 0.1) is 0 Å². The molecule has 0 saturated heterocycles. The summed E-state index contributed by atoms with van der Waals surface area (Å²) in [4.78, 5) is 12.1. The molecule has 5 nitrogen and oxygen atoms in total. The molecule has 0 spiro atoms. The maximum atomic E-state index is 12.1. The molecule has 0 aliphatic rings. The average molecular weight is 312 g/mol. The number of hydrogen-bond acceptors (Lipinski definition) is 4. The number of rotatable bonds is 8. The molecule has 120 valence electrons. The van der Waals surface area contributed by atoms with Crippen LogP contribution in [0.2, 0.25) is 0 Å². The van der Waals surface area contributed by atoms with Crippen LogP contribution in [-0.4, -0.2) is 26.2 Å². The zero-order chi connectivity index (χ0) is 16.5. The van der Waals surface area contributed by atoms with Gasteiger partial charge in [0.25, 0.3) is 0 Å². The lowest BCUT2D eigenvalue weighted by Crippen LogP contribution is -2.22. The van der Waals surface area contributed by atoms with E-state index in [0.29, 0.717) is 18.0 Å². The zero-order valence-corrected chi connectivity index (χ0v) is 13.0. The first kappa shape index (κ1) is 16.4. The summed E-state index contributed by atoms with van der Waals surface area (Å²) in [5, 5.41) is 5.88. The smallest absolute Gasteiger partial charge is 0.243 e. The number of benzene rings is 2. The molecule has 0 atom stereocenters. The van der Waals surface area contributed by atoms with Crippen LogP contribution in [0.15, 0.2) is 61.2 Å². The summed E-state index contributed by atoms with van der Waals surface area (Å²) < 4.78 is 10.6. The molecule has 2 aromatic rings. The Morgan fingerprint density at radius 1 is 1.17 bits per heavy atom. The van der Waals surface area contributed by atoms with Gasteiger partial charge < -0.3 is 20.1 Å². The van der Waals surface area contributed by atoms with Gasteiger partial charge in [-0.05, 0) is 36.4 Å². The monoisotopic (exact) mass is 312 g/mol. The molecule has 0 heterocycles. The van der Waals surface area contributed by atoms with Gasteiger partial charge in [0.1, 0.15) is 18.1 Å². The second-order valence-corrected chi connectivity index (χ2v) is 4.73. The van der Waals surface area contributed by atoms with Gasteiger partial charge in [-0.15, -0.1) is 0 Å². The van der Waals surface area contributed by atoms with Gasteiger partial charge in [0.15, 0.2) is 0 Å². The summed E-state index contributed by atoms with van der Waals surface area (Å²) in [5.74, 6) is 1.23. The predicted molar refractivity (Wildman–Crippen MR) is 92.2 cm³/mol. The zero-order valence-electron chi connectivity index (χ0n) is 13.0. The van der Waals surface area contributed by atoms with Crippen molar-refractivity contribution in [3.05, 3.63) is 61.2 Å². The Kier molecular flexibility index (Phi) is 6.06. The van der Waals surface area contributed by atoms with Gasteiger partial charge in [-0.3, -0.25) is 4.79 Å². The number of amides is 1. The molecule has 0 saturated carbocycles. The minimum absolute atomic E-state index is 0.155. The number of para-hydroxylation sites is 2. The fourth-order valence-corrected chi connectivity index (χ4v) is 1.93. The third-order valence-corrected chi connectivity index (χ3v) is 3.06. The molecule has 2 N–H and O–H groups in total. The van der Waals surface area contributed by atoms with Crippen molar-refractivity contribution >= 4 is 17.3 Å². The van der Waals surface area contributed by atoms with Crippen molar-refractivity contribution in [2.45, 2.75) is 0 Å². The van der Waals surface area contributed by atoms with E-state index < -0.39 is 0 Å². The van der Waals surface area contributed by atoms with Gasteiger partial charge in [-0.2, -0.15) is 0 Å². The van der Waals surface area contributed by atoms with Gasteiger partial charge in [0.05, 0.1) is 19.3 Å². The number of carbonyl (C=O) groups is 1. The van der Waals surface area contributed by atoms with Crippen LogP contribution in [0.25, 0.3) is 0 Å². The third kappa shape index (κ3) is 5.07. The molecule has 5 heteroatoms. The van der Waals surface area contributed by atoms with E-state index in [1.54, 1.807) is 25.3 Å². The standard InChI is InChI=1S/C18H20N2O3/c1-3-12-23-17-7-5-4-6-16(17)20-18(21)13-19-14-8-10-15(22-2)11-9-14/h3-11,19H,1,12-13H2,2H3,(H,20,21). The van der Waals surface area contributed by atoms with Crippen molar-refractivity contribution in [1.29, 1.82) is 0 Å². The first-order valence-electron chi connectivity index (χ1n) is 7.23. The lowest BCUT2D eigenvalue weighted by molar-refractivity contribution is -0.114. The van der Waals surface area contributed by atoms with Gasteiger partial charge in [0, 0.05) is 5.69 Å². The number of carbonyl (C=O) groups excluding carboxylic acids is 1. The summed E-state index contributed by atoms with van der Waals surface area (Å²) in [6.07, 6.45) is 1.66. The van der Waals surface area contributed by atoms with E-state index in [9.17, 15) is 4.79 Å². The van der Waals surface area contributed by atoms with Crippen LogP contribution in [-0.2, 0) is 4.79 Å². The molecule has 2 aromatic carbocycles. The largest absolute Gasteiger partial charge is 0.497 e. The molecule has 0 radical (unpaired) electrons. The molecule has 0 aliphatic carbocycles. The van der Waals surface area contributed by atoms with Crippen molar-refractivity contribution < 1.29 is 14.3 Å². The molecule has 0 unspecified atom stereocenters. The minimum Gasteiger partial charge on any atom is -0.497 e. The molecule has 0 aliphatic heterocycles. The Bertz CT molecular complexity index is 654. The van der Waals surface area contributed by atoms with Crippen molar-refractivity contribution in [3.63, 3.8) is 0 Å². The van der Waals surface area contributed by atoms with Gasteiger partial charge in [-0.25, -0.2) is 0 Å². The average Bonchev–Trinajstić information content (AvgIpc) is 2.59. The molecular weight excluding hydrogens is 292 g/mol. The summed E-state index contributed by atoms with van der Waals surface area (Å²) in [5.41, 5.74) is 1.48. The lowest BCUT2D eigenvalue weighted by Gasteiger charge is -2.12. The Labute approximate surface area is 135 Å². The summed E-state index contributed by atoms with van der Waals surface area (Å²) in [7, 11) is 1.61. The van der Waals surface area contributed by atoms with E-state index in [1.165, 1.54) is 0 Å². The Hall–Kier alpha value is -2.95. The lowest BCUT2D eigenvalue weighted by atomic mass is 10.3. The quantitative estimate of drug-likeness (QED) is 0.734. The fraction of sp³-hybridized carbons (Fsp3) is 0.167. The maximum absolute atomic E-state index is 12.1. The third-order valence-electron chi connectivity index (χ3n) is 3.06. The Morgan fingerprint density at radius 3 is 2.61 bits per heavy atom. The van der Waals surface area contributed by atoms with E-state index in [2.05, 4.69) is 17.2 Å². The van der Waals surface area contributed by atoms with Crippen LogP contribution in [0.1, 0.15) is 0 Å². The highest BCUT2D eigenvalue weighted by atomic mass is 16.5. The maximum Gasteiger partial charge on any atom is 0.243 e. The van der Waals surface area contributed by atoms with E-state index in [1.807, 2.05) is 36.4 Å². The predicted octanol–water partition coefficient (Wildman–Crippen LogP) is 3.31. The van der Waals surface area contributed by atoms with Gasteiger partial charge in [0.2, 0.25) is 5.91 Å². The molecule has 0 bridgehead atoms. The SMILES string of the molecule is C=CCOc1ccccc1NC(=O)CNc1ccc(OC)cc1. The number of anilines is 2. The first-order chi connectivity index (χ1) is 11.2. The Morgan fingerprint density at radius 2 is 1.91 bits per heavy atom. The number of methoxy groups -OCH3 is 1. The van der Waals surface area contributed by atoms with Crippen molar-refractivity contribution in [2.24, 2.45) is 0 Å². The van der Waals surface area contributed by atoms with E-state index in [0.717, 1.165) is 11.4 Å². The number of hydrogen-bond donors (Lipinski definition) is 2. The minimum atomic E-state index is -0.157.